The van der Waals surface area contributed by atoms with Crippen molar-refractivity contribution < 1.29 is 0 Å². The zero-order valence-corrected chi connectivity index (χ0v) is 8.03. The van der Waals surface area contributed by atoms with Crippen molar-refractivity contribution in [2.75, 3.05) is 0 Å². The molecule has 0 unspecified atom stereocenters. The van der Waals surface area contributed by atoms with Gasteiger partial charge in [0.25, 0.3) is 0 Å². The summed E-state index contributed by atoms with van der Waals surface area (Å²) in [7, 11) is 0. The van der Waals surface area contributed by atoms with Gasteiger partial charge in [0.15, 0.2) is 0 Å². The van der Waals surface area contributed by atoms with Crippen LogP contribution in [0.1, 0.15) is 6.92 Å². The lowest BCUT2D eigenvalue weighted by atomic mass is 10.4. The quantitative estimate of drug-likeness (QED) is 0.526. The number of rotatable bonds is 4. The predicted molar refractivity (Wildman–Crippen MR) is 59.0 cm³/mol. The van der Waals surface area contributed by atoms with Gasteiger partial charge >= 0.3 is 0 Å². The first kappa shape index (κ1) is 10.8. The van der Waals surface area contributed by atoms with Gasteiger partial charge in [0.2, 0.25) is 0 Å². The molecule has 0 fully saturated rings. The number of nitrogens with one attached hydrogen (secondary N) is 1. The summed E-state index contributed by atoms with van der Waals surface area (Å²) in [5, 5.41) is 2.91. The Morgan fingerprint density at radius 3 is 2.50 bits per heavy atom. The van der Waals surface area contributed by atoms with Crippen LogP contribution in [-0.2, 0) is 0 Å². The molecule has 1 N–H and O–H groups in total. The van der Waals surface area contributed by atoms with E-state index in [0.717, 1.165) is 10.7 Å². The molecule has 0 amide bonds. The van der Waals surface area contributed by atoms with Crippen LogP contribution in [0.25, 0.3) is 0 Å². The fraction of sp³-hybridized carbons (Fsp3) is 0.100. The van der Waals surface area contributed by atoms with E-state index >= 15 is 0 Å². The Labute approximate surface area is 79.2 Å². The van der Waals surface area contributed by atoms with Crippen molar-refractivity contribution in [2.24, 2.45) is 0 Å². The standard InChI is InChI=1S/C10H13NS/c1-4-5-6-7-8-9(2)11-10(3)12/h4-8H,1-2H2,3H3,(H,11,12)/b6-5-,8-7+. The van der Waals surface area contributed by atoms with Crippen molar-refractivity contribution >= 4 is 17.2 Å². The highest BCUT2D eigenvalue weighted by Gasteiger charge is 1.84. The summed E-state index contributed by atoms with van der Waals surface area (Å²) in [4.78, 5) is 0.720. The van der Waals surface area contributed by atoms with Gasteiger partial charge in [-0.1, -0.05) is 49.7 Å². The van der Waals surface area contributed by atoms with Crippen LogP contribution in [-0.4, -0.2) is 4.99 Å². The zero-order valence-electron chi connectivity index (χ0n) is 7.21. The molecular formula is C10H13NS. The van der Waals surface area contributed by atoms with E-state index in [1.165, 1.54) is 0 Å². The Balaban J connectivity index is 3.83. The number of hydrogen-bond acceptors (Lipinski definition) is 1. The van der Waals surface area contributed by atoms with E-state index in [9.17, 15) is 0 Å². The molecule has 0 aliphatic heterocycles. The summed E-state index contributed by atoms with van der Waals surface area (Å²) >= 11 is 4.83. The number of hydrogen-bond donors (Lipinski definition) is 1. The molecule has 0 bridgehead atoms. The maximum absolute atomic E-state index is 4.83. The van der Waals surface area contributed by atoms with E-state index in [0.29, 0.717) is 0 Å². The monoisotopic (exact) mass is 179 g/mol. The maximum Gasteiger partial charge on any atom is 0.0765 e. The minimum atomic E-state index is 0.720. The largest absolute Gasteiger partial charge is 0.351 e. The number of allylic oxidation sites excluding steroid dienone is 5. The first-order chi connectivity index (χ1) is 5.66. The van der Waals surface area contributed by atoms with Gasteiger partial charge in [-0.15, -0.1) is 0 Å². The second-order valence-electron chi connectivity index (χ2n) is 2.19. The molecule has 0 radical (unpaired) electrons. The minimum absolute atomic E-state index is 0.720. The molecule has 0 aromatic heterocycles. The lowest BCUT2D eigenvalue weighted by molar-refractivity contribution is 1.21. The molecule has 1 nitrogen and oxygen atoms in total. The Kier molecular flexibility index (Phi) is 5.93. The van der Waals surface area contributed by atoms with Gasteiger partial charge in [0.05, 0.1) is 4.99 Å². The average molecular weight is 179 g/mol. The molecule has 0 aliphatic carbocycles. The molecule has 0 atom stereocenters. The second-order valence-corrected chi connectivity index (χ2v) is 2.80. The molecule has 64 valence electrons. The highest BCUT2D eigenvalue weighted by molar-refractivity contribution is 7.80. The summed E-state index contributed by atoms with van der Waals surface area (Å²) in [5.74, 6) is 0. The van der Waals surface area contributed by atoms with Crippen molar-refractivity contribution in [3.05, 3.63) is 49.2 Å². The third kappa shape index (κ3) is 6.96. The van der Waals surface area contributed by atoms with E-state index in [-0.39, 0.29) is 0 Å². The maximum atomic E-state index is 4.83. The molecule has 0 saturated carbocycles. The Hall–Kier alpha value is -1.15. The van der Waals surface area contributed by atoms with E-state index in [1.54, 1.807) is 6.08 Å². The topological polar surface area (TPSA) is 12.0 Å². The van der Waals surface area contributed by atoms with Gasteiger partial charge in [-0.05, 0) is 13.0 Å². The molecule has 12 heavy (non-hydrogen) atoms. The summed E-state index contributed by atoms with van der Waals surface area (Å²) in [6.07, 6.45) is 9.14. The van der Waals surface area contributed by atoms with E-state index in [4.69, 9.17) is 12.2 Å². The van der Waals surface area contributed by atoms with E-state index in [1.807, 2.05) is 31.2 Å². The van der Waals surface area contributed by atoms with Crippen LogP contribution < -0.4 is 5.32 Å². The predicted octanol–water partition coefficient (Wildman–Crippen LogP) is 2.74. The van der Waals surface area contributed by atoms with Gasteiger partial charge < -0.3 is 5.32 Å². The fourth-order valence-electron chi connectivity index (χ4n) is 0.582. The lowest BCUT2D eigenvalue weighted by Crippen LogP contribution is -2.14. The zero-order chi connectivity index (χ0) is 9.40. The summed E-state index contributed by atoms with van der Waals surface area (Å²) < 4.78 is 0. The van der Waals surface area contributed by atoms with Gasteiger partial charge in [-0.3, -0.25) is 0 Å². The van der Waals surface area contributed by atoms with Gasteiger partial charge in [0.1, 0.15) is 0 Å². The Morgan fingerprint density at radius 1 is 1.33 bits per heavy atom. The van der Waals surface area contributed by atoms with Crippen LogP contribution in [0.5, 0.6) is 0 Å². The minimum Gasteiger partial charge on any atom is -0.351 e. The van der Waals surface area contributed by atoms with Crippen molar-refractivity contribution in [1.82, 2.24) is 5.32 Å². The summed E-state index contributed by atoms with van der Waals surface area (Å²) in [6, 6.07) is 0. The molecule has 0 aromatic rings. The van der Waals surface area contributed by atoms with Crippen LogP contribution >= 0.6 is 12.2 Å². The molecule has 0 spiro atoms. The van der Waals surface area contributed by atoms with Crippen molar-refractivity contribution in [3.8, 4) is 0 Å². The highest BCUT2D eigenvalue weighted by atomic mass is 32.1. The molecule has 0 aliphatic rings. The third-order valence-electron chi connectivity index (χ3n) is 0.992. The van der Waals surface area contributed by atoms with Crippen LogP contribution in [0.2, 0.25) is 0 Å². The average Bonchev–Trinajstić information content (AvgIpc) is 1.97. The van der Waals surface area contributed by atoms with Gasteiger partial charge in [-0.2, -0.15) is 0 Å². The third-order valence-corrected chi connectivity index (χ3v) is 1.09. The second kappa shape index (κ2) is 6.55. The van der Waals surface area contributed by atoms with Crippen LogP contribution in [0.3, 0.4) is 0 Å². The first-order valence-corrected chi connectivity index (χ1v) is 4.00. The first-order valence-electron chi connectivity index (χ1n) is 3.59. The van der Waals surface area contributed by atoms with Crippen LogP contribution in [0.15, 0.2) is 49.2 Å². The molecular weight excluding hydrogens is 166 g/mol. The molecule has 2 heteroatoms. The van der Waals surface area contributed by atoms with E-state index in [2.05, 4.69) is 18.5 Å². The van der Waals surface area contributed by atoms with Crippen LogP contribution in [0.4, 0.5) is 0 Å². The number of thiocarbonyl (C=S) groups is 1. The highest BCUT2D eigenvalue weighted by Crippen LogP contribution is 1.88. The molecule has 0 aromatic carbocycles. The summed E-state index contributed by atoms with van der Waals surface area (Å²) in [6.45, 7) is 9.11. The van der Waals surface area contributed by atoms with Gasteiger partial charge in [0, 0.05) is 5.70 Å². The van der Waals surface area contributed by atoms with E-state index < -0.39 is 0 Å². The molecule has 0 saturated heterocycles. The van der Waals surface area contributed by atoms with Crippen molar-refractivity contribution in [2.45, 2.75) is 6.92 Å². The van der Waals surface area contributed by atoms with Gasteiger partial charge in [-0.25, -0.2) is 0 Å². The normalized spacial score (nSPS) is 10.4. The molecule has 0 heterocycles. The lowest BCUT2D eigenvalue weighted by Gasteiger charge is -2.00. The molecule has 0 rings (SSSR count). The fourth-order valence-corrected chi connectivity index (χ4v) is 0.713. The Bertz CT molecular complexity index is 236. The Morgan fingerprint density at radius 2 is 2.00 bits per heavy atom. The summed E-state index contributed by atoms with van der Waals surface area (Å²) in [5.41, 5.74) is 0.788. The van der Waals surface area contributed by atoms with Crippen LogP contribution in [0, 0.1) is 0 Å². The van der Waals surface area contributed by atoms with Crippen molar-refractivity contribution in [1.29, 1.82) is 0 Å². The smallest absolute Gasteiger partial charge is 0.0765 e. The van der Waals surface area contributed by atoms with Crippen molar-refractivity contribution in [3.63, 3.8) is 0 Å². The SMILES string of the molecule is C=C/C=C\C=C\C(=C)NC(C)=S.